The molecule has 0 saturated carbocycles. The van der Waals surface area contributed by atoms with Crippen LogP contribution in [0.3, 0.4) is 0 Å². The molecule has 2 rings (SSSR count). The van der Waals surface area contributed by atoms with Crippen LogP contribution in [-0.4, -0.2) is 9.78 Å². The van der Waals surface area contributed by atoms with Gasteiger partial charge in [0.1, 0.15) is 0 Å². The molecule has 0 aliphatic carbocycles. The van der Waals surface area contributed by atoms with Crippen LogP contribution in [-0.2, 0) is 12.0 Å². The third-order valence-corrected chi connectivity index (χ3v) is 3.35. The maximum Gasteiger partial charge on any atom is 0.267 e. The summed E-state index contributed by atoms with van der Waals surface area (Å²) in [5, 5.41) is 2.98. The summed E-state index contributed by atoms with van der Waals surface area (Å²) in [6, 6.07) is 8.33. The Balaban J connectivity index is 2.73. The number of aromatic amines is 1. The monoisotopic (exact) mass is 258 g/mol. The van der Waals surface area contributed by atoms with E-state index >= 15 is 0 Å². The summed E-state index contributed by atoms with van der Waals surface area (Å²) in [6.07, 6.45) is 0.738. The van der Waals surface area contributed by atoms with Gasteiger partial charge in [0, 0.05) is 11.1 Å². The Morgan fingerprint density at radius 2 is 1.74 bits per heavy atom. The lowest BCUT2D eigenvalue weighted by Gasteiger charge is -2.24. The second kappa shape index (κ2) is 4.72. The number of aryl methyl sites for hydroxylation is 1. The Hall–Kier alpha value is -1.77. The smallest absolute Gasteiger partial charge is 0.267 e. The molecule has 0 fully saturated rings. The van der Waals surface area contributed by atoms with E-state index in [0.717, 1.165) is 23.2 Å². The van der Waals surface area contributed by atoms with Gasteiger partial charge in [0.15, 0.2) is 0 Å². The van der Waals surface area contributed by atoms with Gasteiger partial charge in [-0.1, -0.05) is 36.8 Å². The molecular weight excluding hydrogens is 236 g/mol. The lowest BCUT2D eigenvalue weighted by atomic mass is 10.0. The Bertz CT molecular complexity index is 624. The molecule has 0 radical (unpaired) electrons. The first-order valence-electron chi connectivity index (χ1n) is 6.76. The van der Waals surface area contributed by atoms with Crippen LogP contribution in [0.15, 0.2) is 29.1 Å². The predicted octanol–water partition coefficient (Wildman–Crippen LogP) is 3.47. The number of rotatable bonds is 2. The minimum Gasteiger partial charge on any atom is -0.279 e. The number of hydrogen-bond donors (Lipinski definition) is 1. The molecule has 19 heavy (non-hydrogen) atoms. The number of H-pyrrole nitrogens is 1. The second-order valence-corrected chi connectivity index (χ2v) is 5.99. The summed E-state index contributed by atoms with van der Waals surface area (Å²) < 4.78 is 1.98. The highest BCUT2D eigenvalue weighted by atomic mass is 16.1. The van der Waals surface area contributed by atoms with E-state index in [4.69, 9.17) is 0 Å². The Morgan fingerprint density at radius 1 is 1.16 bits per heavy atom. The minimum absolute atomic E-state index is 0.0213. The van der Waals surface area contributed by atoms with Crippen LogP contribution in [0.4, 0.5) is 0 Å². The van der Waals surface area contributed by atoms with Gasteiger partial charge in [-0.25, -0.2) is 0 Å². The number of aromatic nitrogens is 2. The Kier molecular flexibility index (Phi) is 3.40. The molecule has 0 aliphatic rings. The number of nitrogens with zero attached hydrogens (tertiary/aromatic N) is 1. The maximum atomic E-state index is 12.1. The third kappa shape index (κ3) is 2.50. The van der Waals surface area contributed by atoms with Crippen LogP contribution in [0.25, 0.3) is 11.3 Å². The van der Waals surface area contributed by atoms with E-state index in [2.05, 4.69) is 57.1 Å². The lowest BCUT2D eigenvalue weighted by Crippen LogP contribution is -2.25. The fraction of sp³-hybridized carbons (Fsp3) is 0.438. The van der Waals surface area contributed by atoms with E-state index in [0.29, 0.717) is 0 Å². The van der Waals surface area contributed by atoms with Crippen molar-refractivity contribution in [1.82, 2.24) is 9.78 Å². The van der Waals surface area contributed by atoms with Crippen molar-refractivity contribution in [1.29, 1.82) is 0 Å². The van der Waals surface area contributed by atoms with E-state index in [1.165, 1.54) is 5.56 Å². The molecule has 2 aromatic rings. The molecule has 0 bridgehead atoms. The SMILES string of the molecule is CCc1c(-c2ccc(C)cc2)n(C(C)(C)C)[nH]c1=O. The largest absolute Gasteiger partial charge is 0.279 e. The quantitative estimate of drug-likeness (QED) is 0.880. The molecule has 1 aromatic heterocycles. The van der Waals surface area contributed by atoms with Crippen molar-refractivity contribution in [2.24, 2.45) is 0 Å². The minimum atomic E-state index is -0.146. The van der Waals surface area contributed by atoms with Crippen molar-refractivity contribution < 1.29 is 0 Å². The van der Waals surface area contributed by atoms with Crippen molar-refractivity contribution >= 4 is 0 Å². The van der Waals surface area contributed by atoms with Crippen molar-refractivity contribution in [3.05, 3.63) is 45.7 Å². The molecule has 0 aliphatic heterocycles. The molecule has 1 aromatic carbocycles. The van der Waals surface area contributed by atoms with Gasteiger partial charge in [0.2, 0.25) is 0 Å². The van der Waals surface area contributed by atoms with E-state index in [1.807, 2.05) is 11.6 Å². The van der Waals surface area contributed by atoms with Gasteiger partial charge in [-0.15, -0.1) is 0 Å². The summed E-state index contributed by atoms with van der Waals surface area (Å²) in [5.41, 5.74) is 4.07. The number of nitrogens with one attached hydrogen (secondary N) is 1. The van der Waals surface area contributed by atoms with E-state index in [1.54, 1.807) is 0 Å². The fourth-order valence-corrected chi connectivity index (χ4v) is 2.31. The summed E-state index contributed by atoms with van der Waals surface area (Å²) in [4.78, 5) is 12.1. The first-order chi connectivity index (χ1) is 8.84. The highest BCUT2D eigenvalue weighted by molar-refractivity contribution is 5.64. The van der Waals surface area contributed by atoms with E-state index in [-0.39, 0.29) is 11.1 Å². The van der Waals surface area contributed by atoms with Gasteiger partial charge in [-0.2, -0.15) is 0 Å². The zero-order valence-corrected chi connectivity index (χ0v) is 12.4. The van der Waals surface area contributed by atoms with Crippen LogP contribution in [0, 0.1) is 6.92 Å². The third-order valence-electron chi connectivity index (χ3n) is 3.35. The molecule has 0 unspecified atom stereocenters. The molecule has 102 valence electrons. The van der Waals surface area contributed by atoms with Crippen molar-refractivity contribution in [3.8, 4) is 11.3 Å². The average Bonchev–Trinajstić information content (AvgIpc) is 2.67. The summed E-state index contributed by atoms with van der Waals surface area (Å²) in [5.74, 6) is 0. The van der Waals surface area contributed by atoms with Crippen LogP contribution < -0.4 is 5.56 Å². The Labute approximate surface area is 114 Å². The first kappa shape index (κ1) is 13.7. The van der Waals surface area contributed by atoms with Crippen molar-refractivity contribution in [2.75, 3.05) is 0 Å². The fourth-order valence-electron chi connectivity index (χ4n) is 2.31. The summed E-state index contributed by atoms with van der Waals surface area (Å²) >= 11 is 0. The molecule has 0 spiro atoms. The molecule has 1 N–H and O–H groups in total. The molecule has 3 nitrogen and oxygen atoms in total. The molecule has 3 heteroatoms. The standard InChI is InChI=1S/C16H22N2O/c1-6-13-14(12-9-7-11(2)8-10-12)18(16(3,4)5)17-15(13)19/h7-10H,6H2,1-5H3,(H,17,19). The predicted molar refractivity (Wildman–Crippen MR) is 79.6 cm³/mol. The van der Waals surface area contributed by atoms with Crippen LogP contribution in [0.2, 0.25) is 0 Å². The topological polar surface area (TPSA) is 37.8 Å². The second-order valence-electron chi connectivity index (χ2n) is 5.99. The van der Waals surface area contributed by atoms with Crippen LogP contribution >= 0.6 is 0 Å². The highest BCUT2D eigenvalue weighted by Crippen LogP contribution is 2.27. The zero-order valence-electron chi connectivity index (χ0n) is 12.4. The Morgan fingerprint density at radius 3 is 2.21 bits per heavy atom. The first-order valence-corrected chi connectivity index (χ1v) is 6.76. The molecule has 1 heterocycles. The number of benzene rings is 1. The molecular formula is C16H22N2O. The normalized spacial score (nSPS) is 11.8. The molecule has 0 atom stereocenters. The lowest BCUT2D eigenvalue weighted by molar-refractivity contribution is 0.358. The average molecular weight is 258 g/mol. The van der Waals surface area contributed by atoms with Crippen molar-refractivity contribution in [3.63, 3.8) is 0 Å². The van der Waals surface area contributed by atoms with Gasteiger partial charge in [-0.05, 0) is 34.1 Å². The van der Waals surface area contributed by atoms with Crippen LogP contribution in [0.1, 0.15) is 38.8 Å². The van der Waals surface area contributed by atoms with Gasteiger partial charge in [0.05, 0.1) is 11.2 Å². The molecule has 0 amide bonds. The number of hydrogen-bond acceptors (Lipinski definition) is 1. The molecule has 0 saturated heterocycles. The van der Waals surface area contributed by atoms with Gasteiger partial charge in [-0.3, -0.25) is 14.6 Å². The van der Waals surface area contributed by atoms with Crippen molar-refractivity contribution in [2.45, 2.75) is 46.6 Å². The maximum absolute atomic E-state index is 12.1. The van der Waals surface area contributed by atoms with Crippen LogP contribution in [0.5, 0.6) is 0 Å². The van der Waals surface area contributed by atoms with E-state index in [9.17, 15) is 4.79 Å². The summed E-state index contributed by atoms with van der Waals surface area (Å²) in [6.45, 7) is 10.4. The highest BCUT2D eigenvalue weighted by Gasteiger charge is 2.22. The van der Waals surface area contributed by atoms with Gasteiger partial charge < -0.3 is 0 Å². The summed E-state index contributed by atoms with van der Waals surface area (Å²) in [7, 11) is 0. The zero-order chi connectivity index (χ0) is 14.2. The van der Waals surface area contributed by atoms with Gasteiger partial charge in [0.25, 0.3) is 5.56 Å². The van der Waals surface area contributed by atoms with E-state index < -0.39 is 0 Å². The van der Waals surface area contributed by atoms with Gasteiger partial charge >= 0.3 is 0 Å².